The molecule has 3 saturated heterocycles. The largest absolute Gasteiger partial charge is 0.394 e. The highest BCUT2D eigenvalue weighted by Gasteiger charge is 2.58. The lowest BCUT2D eigenvalue weighted by Gasteiger charge is -2.51. The number of aliphatic hydroxyl groups is 7. The first-order valence-corrected chi connectivity index (χ1v) is 20.8. The van der Waals surface area contributed by atoms with Gasteiger partial charge < -0.3 is 85.3 Å². The van der Waals surface area contributed by atoms with E-state index in [9.17, 15) is 78.8 Å². The van der Waals surface area contributed by atoms with Crippen molar-refractivity contribution in [1.82, 2.24) is 16.3 Å². The molecule has 0 saturated carbocycles. The van der Waals surface area contributed by atoms with E-state index in [-0.39, 0.29) is 19.6 Å². The van der Waals surface area contributed by atoms with Gasteiger partial charge in [-0.1, -0.05) is 0 Å². The van der Waals surface area contributed by atoms with Crippen LogP contribution in [0.2, 0.25) is 0 Å². The fraction of sp³-hybridized carbons (Fsp3) is 0.893. The molecule has 0 spiro atoms. The predicted octanol–water partition coefficient (Wildman–Crippen LogP) is -7.51. The molecule has 1 unspecified atom stereocenters. The van der Waals surface area contributed by atoms with Gasteiger partial charge in [-0.3, -0.25) is 33.2 Å². The van der Waals surface area contributed by atoms with Crippen molar-refractivity contribution in [2.75, 3.05) is 45.3 Å². The molecule has 0 bridgehead atoms. The number of carbonyl (C=O) groups is 3. The fourth-order valence-corrected chi connectivity index (χ4v) is 8.33. The van der Waals surface area contributed by atoms with Gasteiger partial charge in [0.05, 0.1) is 56.4 Å². The summed E-state index contributed by atoms with van der Waals surface area (Å²) < 4.78 is 45.7. The highest BCUT2D eigenvalue weighted by Crippen LogP contribution is 2.44. The molecule has 26 nitrogen and oxygen atoms in total. The number of hydrogen-bond donors (Lipinski definition) is 15. The van der Waals surface area contributed by atoms with Crippen LogP contribution in [-0.4, -0.2) is 197 Å². The van der Waals surface area contributed by atoms with Gasteiger partial charge in [0, 0.05) is 32.2 Å². The molecular weight excluding hydrogens is 806 g/mol. The van der Waals surface area contributed by atoms with Crippen LogP contribution in [0.25, 0.3) is 0 Å². The van der Waals surface area contributed by atoms with Crippen LogP contribution in [0.5, 0.6) is 0 Å². The third-order valence-corrected chi connectivity index (χ3v) is 10.9. The van der Waals surface area contributed by atoms with Crippen LogP contribution in [0.4, 0.5) is 0 Å². The van der Waals surface area contributed by atoms with E-state index >= 15 is 0 Å². The average molecular weight is 859 g/mol. The Morgan fingerprint density at radius 3 is 1.93 bits per heavy atom. The summed E-state index contributed by atoms with van der Waals surface area (Å²) in [7, 11) is -9.91. The Balaban J connectivity index is 1.65. The normalized spacial score (nSPS) is 36.8. The Kier molecular flexibility index (Phi) is 18.1. The molecule has 3 fully saturated rings. The summed E-state index contributed by atoms with van der Waals surface area (Å²) in [6.07, 6.45) is -23.4. The van der Waals surface area contributed by atoms with Gasteiger partial charge in [-0.05, 0) is 0 Å². The predicted molar refractivity (Wildman–Crippen MR) is 180 cm³/mol. The van der Waals surface area contributed by atoms with Crippen molar-refractivity contribution in [1.29, 1.82) is 0 Å². The van der Waals surface area contributed by atoms with Gasteiger partial charge in [0.15, 0.2) is 6.29 Å². The maximum atomic E-state index is 13.1. The minimum absolute atomic E-state index is 0.0656. The highest BCUT2D eigenvalue weighted by atomic mass is 31.2. The summed E-state index contributed by atoms with van der Waals surface area (Å²) in [5.74, 6) is -4.58. The number of ether oxygens (including phenoxy) is 4. The number of amides is 3. The Morgan fingerprint density at radius 1 is 0.786 bits per heavy atom. The lowest BCUT2D eigenvalue weighted by molar-refractivity contribution is -0.261. The molecule has 3 amide bonds. The lowest BCUT2D eigenvalue weighted by Crippen LogP contribution is -2.74. The van der Waals surface area contributed by atoms with Gasteiger partial charge in [0.25, 0.3) is 0 Å². The van der Waals surface area contributed by atoms with Crippen molar-refractivity contribution in [2.24, 2.45) is 11.7 Å². The number of hydrogen-bond acceptors (Lipinski definition) is 19. The van der Waals surface area contributed by atoms with Gasteiger partial charge in [-0.15, -0.1) is 0 Å². The summed E-state index contributed by atoms with van der Waals surface area (Å²) in [6, 6.07) is 0. The van der Waals surface area contributed by atoms with E-state index in [1.165, 1.54) is 0 Å². The molecule has 326 valence electrons. The van der Waals surface area contributed by atoms with Gasteiger partial charge in [-0.2, -0.15) is 0 Å². The molecule has 16 N–H and O–H groups in total. The van der Waals surface area contributed by atoms with Gasteiger partial charge in [0.1, 0.15) is 61.5 Å². The summed E-state index contributed by atoms with van der Waals surface area (Å²) in [6.45, 7) is -1.06. The third kappa shape index (κ3) is 13.6. The van der Waals surface area contributed by atoms with E-state index in [0.717, 1.165) is 6.92 Å². The molecule has 3 aliphatic rings. The second-order valence-electron chi connectivity index (χ2n) is 13.7. The Labute approximate surface area is 318 Å². The van der Waals surface area contributed by atoms with Crippen LogP contribution < -0.4 is 22.0 Å². The van der Waals surface area contributed by atoms with Crippen molar-refractivity contribution in [3.8, 4) is 0 Å². The van der Waals surface area contributed by atoms with Crippen LogP contribution in [0.15, 0.2) is 0 Å². The van der Waals surface area contributed by atoms with Crippen LogP contribution >= 0.6 is 15.2 Å². The topological polar surface area (TPSA) is 425 Å². The molecule has 0 aliphatic carbocycles. The Bertz CT molecular complexity index is 1410. The second-order valence-corrected chi connectivity index (χ2v) is 17.1. The Morgan fingerprint density at radius 2 is 1.38 bits per heavy atom. The summed E-state index contributed by atoms with van der Waals surface area (Å²) in [4.78, 5) is 86.8. The first-order valence-electron chi connectivity index (χ1n) is 17.2. The molecular formula is C28H52N4O22P2. The van der Waals surface area contributed by atoms with Crippen LogP contribution in [0, 0.1) is 5.92 Å². The number of nitrogens with two attached hydrogens (primary N) is 1. The van der Waals surface area contributed by atoms with Crippen LogP contribution in [0.1, 0.15) is 26.2 Å². The third-order valence-electron chi connectivity index (χ3n) is 9.25. The molecule has 0 radical (unpaired) electrons. The first-order chi connectivity index (χ1) is 26.0. The highest BCUT2D eigenvalue weighted by molar-refractivity contribution is 7.52. The monoisotopic (exact) mass is 858 g/mol. The van der Waals surface area contributed by atoms with Gasteiger partial charge in [-0.25, -0.2) is 11.0 Å². The van der Waals surface area contributed by atoms with Crippen LogP contribution in [-0.2, 0) is 52.1 Å². The van der Waals surface area contributed by atoms with Gasteiger partial charge >= 0.3 is 15.2 Å². The smallest absolute Gasteiger partial charge is 0.328 e. The van der Waals surface area contributed by atoms with Crippen molar-refractivity contribution in [3.05, 3.63) is 0 Å². The van der Waals surface area contributed by atoms with Crippen molar-refractivity contribution in [2.45, 2.75) is 105 Å². The Hall–Kier alpha value is -1.85. The molecule has 3 heterocycles. The second kappa shape index (κ2) is 20.9. The van der Waals surface area contributed by atoms with E-state index in [1.807, 2.05) is 11.0 Å². The van der Waals surface area contributed by atoms with Crippen LogP contribution in [0.3, 0.4) is 0 Å². The van der Waals surface area contributed by atoms with E-state index in [4.69, 9.17) is 34.4 Å². The van der Waals surface area contributed by atoms with Crippen molar-refractivity contribution < 1.29 is 107 Å². The van der Waals surface area contributed by atoms with Crippen molar-refractivity contribution in [3.63, 3.8) is 0 Å². The first kappa shape index (κ1) is 48.5. The van der Waals surface area contributed by atoms with E-state index in [2.05, 4.69) is 5.32 Å². The van der Waals surface area contributed by atoms with E-state index in [0.29, 0.717) is 0 Å². The standard InChI is InChI=1S/C28H52N4O22P2/c1-12(34)30-28(19(11-56(46,47)48)53-15(7-33)26(41)27(28)42)6-21(37)32-51-9-17-25(40)23(38)13(18(52-17)10-55(43,44)45)4-20(36)31-50-8-16-24(39)14(35)5-22(54-16)49-3-2-29/h13-19,22-27,33,35,38-42H,2-11,29H2,1H3,(H,30,34)(H,31,36)(H,32,37)(H2,43,44,45)(H2,46,47,48)/t13-,14+,15+,16+,17+,18+,19+,22-,23+,24-,25+,26+,27-,28?/m0/s1. The number of aliphatic hydroxyl groups excluding tert-OH is 7. The molecule has 14 atom stereocenters. The lowest BCUT2D eigenvalue weighted by atomic mass is 9.76. The van der Waals surface area contributed by atoms with Gasteiger partial charge in [0.2, 0.25) is 17.7 Å². The molecule has 3 rings (SSSR count). The summed E-state index contributed by atoms with van der Waals surface area (Å²) in [5.41, 5.74) is 6.88. The number of carbonyl (C=O) groups excluding carboxylic acids is 3. The van der Waals surface area contributed by atoms with Crippen molar-refractivity contribution >= 4 is 32.9 Å². The zero-order chi connectivity index (χ0) is 42.2. The maximum Gasteiger partial charge on any atom is 0.328 e. The molecule has 3 aliphatic heterocycles. The number of rotatable bonds is 19. The number of hydroxylamine groups is 2. The maximum absolute atomic E-state index is 13.1. The van der Waals surface area contributed by atoms with E-state index in [1.54, 1.807) is 0 Å². The molecule has 0 aromatic heterocycles. The fourth-order valence-electron chi connectivity index (χ4n) is 6.66. The molecule has 56 heavy (non-hydrogen) atoms. The zero-order valence-corrected chi connectivity index (χ0v) is 31.7. The zero-order valence-electron chi connectivity index (χ0n) is 30.0. The minimum Gasteiger partial charge on any atom is -0.394 e. The quantitative estimate of drug-likeness (QED) is 0.0424. The van der Waals surface area contributed by atoms with E-state index < -0.39 is 163 Å². The molecule has 28 heteroatoms. The SMILES string of the molecule is CC(=O)NC1(CC(=O)NOC[C@H]2O[C@H](CP(=O)(O)O)[C@H](CC(=O)NOC[C@H]3O[C@H](OCCN)C[C@@H](O)[C@@H]3O)[C@@H](O)[C@@H]2O)[C@@H](CP(=O)(O)O)O[C@H](CO)[C@@H](O)[C@@H]1O. The summed E-state index contributed by atoms with van der Waals surface area (Å²) in [5, 5.41) is 75.3. The molecule has 0 aromatic carbocycles. The minimum atomic E-state index is -4.99. The average Bonchev–Trinajstić information content (AvgIpc) is 3.08. The number of nitrogens with one attached hydrogen (secondary N) is 3. The summed E-state index contributed by atoms with van der Waals surface area (Å²) >= 11 is 0. The molecule has 0 aromatic rings.